The lowest BCUT2D eigenvalue weighted by molar-refractivity contribution is -0.142. The molecule has 0 bridgehead atoms. The second kappa shape index (κ2) is 13.5. The van der Waals surface area contributed by atoms with Crippen molar-refractivity contribution < 1.29 is 43.0 Å². The number of para-hydroxylation sites is 1. The molecule has 6 N–H and O–H groups in total. The van der Waals surface area contributed by atoms with Crippen molar-refractivity contribution in [3.05, 3.63) is 36.0 Å². The van der Waals surface area contributed by atoms with Gasteiger partial charge < -0.3 is 26.6 Å². The van der Waals surface area contributed by atoms with Crippen LogP contribution in [0.15, 0.2) is 30.5 Å². The zero-order valence-electron chi connectivity index (χ0n) is 21.7. The van der Waals surface area contributed by atoms with Crippen molar-refractivity contribution in [2.75, 3.05) is 14.2 Å². The Labute approximate surface area is 220 Å². The fourth-order valence-electron chi connectivity index (χ4n) is 3.93. The molecular formula is C24H35N4O9P. The van der Waals surface area contributed by atoms with Crippen LogP contribution in [0.25, 0.3) is 10.9 Å². The average Bonchev–Trinajstić information content (AvgIpc) is 3.24. The number of nitrogens with two attached hydrogens (primary N) is 1. The van der Waals surface area contributed by atoms with Gasteiger partial charge in [0.2, 0.25) is 11.8 Å². The van der Waals surface area contributed by atoms with Crippen LogP contribution in [0, 0.1) is 5.92 Å². The Morgan fingerprint density at radius 3 is 2.18 bits per heavy atom. The SMILES string of the molecule is COP(=O)(OC)n1cc(C[C@H](NC(=O)[C@@H](N)CCC(=O)O)C(=O)N[C@@H](CC(C)C)C(=O)O)c2ccccc21. The molecule has 0 spiro atoms. The van der Waals surface area contributed by atoms with E-state index in [1.165, 1.54) is 24.8 Å². The number of carboxylic acids is 2. The number of nitrogens with zero attached hydrogens (tertiary/aromatic N) is 1. The number of nitrogens with one attached hydrogen (secondary N) is 2. The van der Waals surface area contributed by atoms with Crippen LogP contribution in [0.4, 0.5) is 0 Å². The van der Waals surface area contributed by atoms with Gasteiger partial charge in [-0.3, -0.25) is 27.8 Å². The molecule has 0 saturated heterocycles. The molecule has 14 heteroatoms. The Bertz CT molecular complexity index is 1200. The molecule has 0 aliphatic heterocycles. The third kappa shape index (κ3) is 7.87. The number of carbonyl (C=O) groups excluding carboxylic acids is 2. The third-order valence-electron chi connectivity index (χ3n) is 5.88. The predicted molar refractivity (Wildman–Crippen MR) is 138 cm³/mol. The molecule has 13 nitrogen and oxygen atoms in total. The number of rotatable bonds is 15. The summed E-state index contributed by atoms with van der Waals surface area (Å²) in [5, 5.41) is 24.1. The Morgan fingerprint density at radius 2 is 1.63 bits per heavy atom. The number of aromatic nitrogens is 1. The first-order valence-electron chi connectivity index (χ1n) is 11.9. The summed E-state index contributed by atoms with van der Waals surface area (Å²) in [6, 6.07) is 3.17. The highest BCUT2D eigenvalue weighted by molar-refractivity contribution is 7.52. The lowest BCUT2D eigenvalue weighted by Crippen LogP contribution is -2.55. The molecule has 0 radical (unpaired) electrons. The topological polar surface area (TPSA) is 199 Å². The van der Waals surface area contributed by atoms with Crippen LogP contribution in [-0.4, -0.2) is 70.6 Å². The highest BCUT2D eigenvalue weighted by Gasteiger charge is 2.32. The molecule has 0 aliphatic carbocycles. The molecule has 210 valence electrons. The molecule has 1 heterocycles. The smallest absolute Gasteiger partial charge is 0.438 e. The maximum absolute atomic E-state index is 13.3. The van der Waals surface area contributed by atoms with Gasteiger partial charge in [-0.25, -0.2) is 9.36 Å². The van der Waals surface area contributed by atoms with Gasteiger partial charge in [-0.1, -0.05) is 32.0 Å². The number of aliphatic carboxylic acids is 2. The van der Waals surface area contributed by atoms with Gasteiger partial charge in [-0.05, 0) is 30.4 Å². The van der Waals surface area contributed by atoms with Gasteiger partial charge >= 0.3 is 19.7 Å². The second-order valence-corrected chi connectivity index (χ2v) is 11.3. The van der Waals surface area contributed by atoms with E-state index in [0.29, 0.717) is 16.5 Å². The number of hydrogen-bond acceptors (Lipinski definition) is 8. The summed E-state index contributed by atoms with van der Waals surface area (Å²) in [6.07, 6.45) is 1.00. The van der Waals surface area contributed by atoms with E-state index in [1.807, 2.05) is 13.8 Å². The van der Waals surface area contributed by atoms with Crippen molar-refractivity contribution in [1.82, 2.24) is 15.0 Å². The summed E-state index contributed by atoms with van der Waals surface area (Å²) < 4.78 is 24.7. The van der Waals surface area contributed by atoms with Crippen LogP contribution in [0.2, 0.25) is 0 Å². The Kier molecular flexibility index (Phi) is 11.0. The van der Waals surface area contributed by atoms with Crippen molar-refractivity contribution in [1.29, 1.82) is 0 Å². The normalized spacial score (nSPS) is 14.2. The molecule has 3 atom stereocenters. The minimum Gasteiger partial charge on any atom is -0.481 e. The fourth-order valence-corrected chi connectivity index (χ4v) is 5.15. The summed E-state index contributed by atoms with van der Waals surface area (Å²) in [7, 11) is -1.30. The summed E-state index contributed by atoms with van der Waals surface area (Å²) in [4.78, 5) is 48.7. The van der Waals surface area contributed by atoms with Gasteiger partial charge in [0.1, 0.15) is 12.1 Å². The molecule has 0 fully saturated rings. The third-order valence-corrected chi connectivity index (χ3v) is 7.67. The van der Waals surface area contributed by atoms with Gasteiger partial charge in [0.05, 0.1) is 11.6 Å². The van der Waals surface area contributed by atoms with E-state index < -0.39 is 49.6 Å². The van der Waals surface area contributed by atoms with E-state index in [1.54, 1.807) is 24.3 Å². The monoisotopic (exact) mass is 554 g/mol. The summed E-state index contributed by atoms with van der Waals surface area (Å²) in [5.41, 5.74) is 6.81. The number of carboxylic acid groups (broad SMARTS) is 2. The van der Waals surface area contributed by atoms with E-state index in [9.17, 15) is 28.8 Å². The van der Waals surface area contributed by atoms with Gasteiger partial charge in [-0.15, -0.1) is 0 Å². The molecule has 1 aromatic heterocycles. The number of fused-ring (bicyclic) bond motifs is 1. The maximum atomic E-state index is 13.3. The molecular weight excluding hydrogens is 519 g/mol. The number of hydrogen-bond donors (Lipinski definition) is 5. The van der Waals surface area contributed by atoms with Crippen molar-refractivity contribution in [2.45, 2.75) is 57.7 Å². The predicted octanol–water partition coefficient (Wildman–Crippen LogP) is 1.73. The number of carbonyl (C=O) groups is 4. The number of amides is 2. The van der Waals surface area contributed by atoms with Crippen molar-refractivity contribution >= 4 is 42.4 Å². The fraction of sp³-hybridized carbons (Fsp3) is 0.500. The molecule has 0 saturated carbocycles. The minimum absolute atomic E-state index is 0.0379. The Morgan fingerprint density at radius 1 is 1.03 bits per heavy atom. The van der Waals surface area contributed by atoms with E-state index in [0.717, 1.165) is 0 Å². The van der Waals surface area contributed by atoms with E-state index in [4.69, 9.17) is 19.9 Å². The van der Waals surface area contributed by atoms with E-state index >= 15 is 0 Å². The molecule has 0 unspecified atom stereocenters. The highest BCUT2D eigenvalue weighted by atomic mass is 31.2. The summed E-state index contributed by atoms with van der Waals surface area (Å²) in [6.45, 7) is 3.61. The molecule has 2 amide bonds. The second-order valence-electron chi connectivity index (χ2n) is 9.18. The van der Waals surface area contributed by atoms with Crippen LogP contribution in [0.1, 0.15) is 38.7 Å². The quantitative estimate of drug-likeness (QED) is 0.202. The highest BCUT2D eigenvalue weighted by Crippen LogP contribution is 2.50. The van der Waals surface area contributed by atoms with Gasteiger partial charge in [0.15, 0.2) is 0 Å². The van der Waals surface area contributed by atoms with E-state index in [2.05, 4.69) is 10.6 Å². The summed E-state index contributed by atoms with van der Waals surface area (Å²) in [5.74, 6) is -3.94. The Hall–Kier alpha value is -3.25. The van der Waals surface area contributed by atoms with Crippen LogP contribution in [-0.2, 0) is 39.2 Å². The molecule has 38 heavy (non-hydrogen) atoms. The first kappa shape index (κ1) is 31.0. The van der Waals surface area contributed by atoms with E-state index in [-0.39, 0.29) is 31.6 Å². The lowest BCUT2D eigenvalue weighted by atomic mass is 10.0. The van der Waals surface area contributed by atoms with Crippen LogP contribution < -0.4 is 16.4 Å². The van der Waals surface area contributed by atoms with Gasteiger partial charge in [-0.2, -0.15) is 0 Å². The zero-order valence-corrected chi connectivity index (χ0v) is 22.6. The zero-order chi connectivity index (χ0) is 28.6. The van der Waals surface area contributed by atoms with Crippen molar-refractivity contribution in [2.24, 2.45) is 11.7 Å². The molecule has 1 aromatic carbocycles. The molecule has 2 rings (SSSR count). The average molecular weight is 555 g/mol. The van der Waals surface area contributed by atoms with Gasteiger partial charge in [0.25, 0.3) is 0 Å². The lowest BCUT2D eigenvalue weighted by Gasteiger charge is -2.23. The van der Waals surface area contributed by atoms with Crippen molar-refractivity contribution in [3.8, 4) is 0 Å². The molecule has 0 aliphatic rings. The Balaban J connectivity index is 2.46. The first-order chi connectivity index (χ1) is 17.8. The van der Waals surface area contributed by atoms with Crippen molar-refractivity contribution in [3.63, 3.8) is 0 Å². The van der Waals surface area contributed by atoms with Crippen LogP contribution >= 0.6 is 7.75 Å². The van der Waals surface area contributed by atoms with Crippen LogP contribution in [0.3, 0.4) is 0 Å². The van der Waals surface area contributed by atoms with Crippen LogP contribution in [0.5, 0.6) is 0 Å². The number of benzene rings is 1. The first-order valence-corrected chi connectivity index (χ1v) is 13.4. The largest absolute Gasteiger partial charge is 0.481 e. The molecule has 2 aromatic rings. The maximum Gasteiger partial charge on any atom is 0.438 e. The van der Waals surface area contributed by atoms with Gasteiger partial charge in [0, 0.05) is 38.6 Å². The summed E-state index contributed by atoms with van der Waals surface area (Å²) >= 11 is 0. The minimum atomic E-state index is -3.76. The standard InChI is InChI=1S/C24H35N4O9P/c1-14(2)11-19(24(33)34)27-23(32)18(26-22(31)17(25)9-10-21(29)30)12-15-13-28(38(35,36-3)37-4)20-8-6-5-7-16(15)20/h5-8,13-14,17-19H,9-12,25H2,1-4H3,(H,26,31)(H,27,32)(H,29,30)(H,33,34)/t17-,18-,19-/m0/s1.